The van der Waals surface area contributed by atoms with Crippen LogP contribution in [0.3, 0.4) is 0 Å². The lowest BCUT2D eigenvalue weighted by molar-refractivity contribution is 0.0979. The zero-order valence-electron chi connectivity index (χ0n) is 18.0. The highest BCUT2D eigenvalue weighted by atomic mass is 35.5. The van der Waals surface area contributed by atoms with Crippen LogP contribution in [0, 0.1) is 0 Å². The zero-order chi connectivity index (χ0) is 22.8. The fourth-order valence-corrected chi connectivity index (χ4v) is 4.18. The highest BCUT2D eigenvalue weighted by molar-refractivity contribution is 6.31. The van der Waals surface area contributed by atoms with Gasteiger partial charge in [0.25, 0.3) is 5.56 Å². The van der Waals surface area contributed by atoms with Crippen LogP contribution in [0.1, 0.15) is 48.0 Å². The molecule has 0 aliphatic carbocycles. The predicted molar refractivity (Wildman–Crippen MR) is 129 cm³/mol. The maximum atomic E-state index is 13.6. The molecule has 4 aromatic rings. The van der Waals surface area contributed by atoms with E-state index < -0.39 is 6.10 Å². The van der Waals surface area contributed by atoms with E-state index in [-0.39, 0.29) is 24.3 Å². The highest BCUT2D eigenvalue weighted by Crippen LogP contribution is 2.33. The standard InChI is InChI=1S/C27H24ClNO3/c1-3-24(31)26-25(20-7-5-4-6-8-20)23-15-21(28)13-14-22(23)27(32)29(26)16-18-9-11-19(12-10-18)17(2)30/h4-15,17,30H,3,16H2,1-2H3. The van der Waals surface area contributed by atoms with Gasteiger partial charge in [-0.05, 0) is 47.2 Å². The van der Waals surface area contributed by atoms with Gasteiger partial charge in [0.1, 0.15) is 0 Å². The van der Waals surface area contributed by atoms with Crippen molar-refractivity contribution in [2.24, 2.45) is 0 Å². The van der Waals surface area contributed by atoms with Crippen molar-refractivity contribution in [2.75, 3.05) is 0 Å². The van der Waals surface area contributed by atoms with E-state index in [9.17, 15) is 14.7 Å². The first-order chi connectivity index (χ1) is 15.4. The Kier molecular flexibility index (Phi) is 6.26. The third-order valence-corrected chi connectivity index (χ3v) is 5.92. The molecule has 0 aliphatic heterocycles. The molecule has 162 valence electrons. The van der Waals surface area contributed by atoms with E-state index in [2.05, 4.69) is 0 Å². The summed E-state index contributed by atoms with van der Waals surface area (Å²) in [6, 6.07) is 22.2. The number of benzene rings is 3. The molecule has 1 N–H and O–H groups in total. The topological polar surface area (TPSA) is 59.3 Å². The molecule has 32 heavy (non-hydrogen) atoms. The molecule has 0 spiro atoms. The lowest BCUT2D eigenvalue weighted by Gasteiger charge is -2.19. The van der Waals surface area contributed by atoms with Gasteiger partial charge >= 0.3 is 0 Å². The summed E-state index contributed by atoms with van der Waals surface area (Å²) in [5.74, 6) is -0.108. The van der Waals surface area contributed by atoms with Gasteiger partial charge in [-0.1, -0.05) is 73.1 Å². The first kappa shape index (κ1) is 22.0. The summed E-state index contributed by atoms with van der Waals surface area (Å²) in [4.78, 5) is 26.8. The van der Waals surface area contributed by atoms with Crippen LogP contribution in [0.5, 0.6) is 0 Å². The number of fused-ring (bicyclic) bond motifs is 1. The summed E-state index contributed by atoms with van der Waals surface area (Å²) in [6.45, 7) is 3.75. The molecular formula is C27H24ClNO3. The van der Waals surface area contributed by atoms with E-state index in [1.807, 2.05) is 54.6 Å². The van der Waals surface area contributed by atoms with Crippen molar-refractivity contribution in [3.8, 4) is 11.1 Å². The Morgan fingerprint density at radius 2 is 1.69 bits per heavy atom. The van der Waals surface area contributed by atoms with Gasteiger partial charge < -0.3 is 5.11 Å². The number of halogens is 1. The van der Waals surface area contributed by atoms with Crippen LogP contribution in [-0.4, -0.2) is 15.5 Å². The quantitative estimate of drug-likeness (QED) is 0.369. The number of hydrogen-bond donors (Lipinski definition) is 1. The van der Waals surface area contributed by atoms with E-state index in [0.29, 0.717) is 21.5 Å². The average molecular weight is 446 g/mol. The van der Waals surface area contributed by atoms with Gasteiger partial charge in [0.05, 0.1) is 18.3 Å². The summed E-state index contributed by atoms with van der Waals surface area (Å²) in [5, 5.41) is 11.5. The Hall–Kier alpha value is -3.21. The number of aromatic nitrogens is 1. The van der Waals surface area contributed by atoms with Gasteiger partial charge in [-0.2, -0.15) is 0 Å². The van der Waals surface area contributed by atoms with Gasteiger partial charge in [-0.15, -0.1) is 0 Å². The van der Waals surface area contributed by atoms with Crippen molar-refractivity contribution >= 4 is 28.2 Å². The van der Waals surface area contributed by atoms with E-state index in [0.717, 1.165) is 22.3 Å². The molecule has 0 saturated carbocycles. The van der Waals surface area contributed by atoms with Gasteiger partial charge in [0.2, 0.25) is 0 Å². The first-order valence-electron chi connectivity index (χ1n) is 10.6. The number of rotatable bonds is 6. The molecule has 0 fully saturated rings. The molecule has 3 aromatic carbocycles. The fourth-order valence-electron chi connectivity index (χ4n) is 4.01. The molecule has 1 aromatic heterocycles. The van der Waals surface area contributed by atoms with Crippen molar-refractivity contribution in [3.63, 3.8) is 0 Å². The number of ketones is 1. The Morgan fingerprint density at radius 1 is 1.00 bits per heavy atom. The number of Topliss-reactive ketones (excluding diaryl/α,β-unsaturated/α-hetero) is 1. The Balaban J connectivity index is 2.03. The minimum absolute atomic E-state index is 0.108. The molecule has 0 bridgehead atoms. The van der Waals surface area contributed by atoms with Gasteiger partial charge in [-0.3, -0.25) is 14.2 Å². The molecular weight excluding hydrogens is 422 g/mol. The van der Waals surface area contributed by atoms with Gasteiger partial charge in [0.15, 0.2) is 5.78 Å². The molecule has 0 amide bonds. The summed E-state index contributed by atoms with van der Waals surface area (Å²) in [7, 11) is 0. The Morgan fingerprint density at radius 3 is 2.31 bits per heavy atom. The van der Waals surface area contributed by atoms with Crippen molar-refractivity contribution in [3.05, 3.63) is 105 Å². The minimum atomic E-state index is -0.570. The third kappa shape index (κ3) is 4.12. The van der Waals surface area contributed by atoms with Crippen molar-refractivity contribution in [1.82, 2.24) is 4.57 Å². The zero-order valence-corrected chi connectivity index (χ0v) is 18.8. The normalized spacial score (nSPS) is 12.1. The lowest BCUT2D eigenvalue weighted by atomic mass is 9.94. The molecule has 1 atom stereocenters. The fraction of sp³-hybridized carbons (Fsp3) is 0.185. The molecule has 5 heteroatoms. The number of aliphatic hydroxyl groups excluding tert-OH is 1. The average Bonchev–Trinajstić information content (AvgIpc) is 2.80. The number of hydrogen-bond acceptors (Lipinski definition) is 3. The third-order valence-electron chi connectivity index (χ3n) is 5.68. The van der Waals surface area contributed by atoms with E-state index in [1.165, 1.54) is 0 Å². The molecule has 0 radical (unpaired) electrons. The van der Waals surface area contributed by atoms with Gasteiger partial charge in [-0.25, -0.2) is 0 Å². The monoisotopic (exact) mass is 445 g/mol. The minimum Gasteiger partial charge on any atom is -0.389 e. The first-order valence-corrected chi connectivity index (χ1v) is 11.0. The van der Waals surface area contributed by atoms with Gasteiger partial charge in [0, 0.05) is 22.4 Å². The van der Waals surface area contributed by atoms with Crippen molar-refractivity contribution in [1.29, 1.82) is 0 Å². The SMILES string of the molecule is CCC(=O)c1c(-c2ccccc2)c2cc(Cl)ccc2c(=O)n1Cc1ccc(C(C)O)cc1. The number of carbonyl (C=O) groups excluding carboxylic acids is 1. The number of carbonyl (C=O) groups is 1. The predicted octanol–water partition coefficient (Wildman–Crippen LogP) is 6.02. The largest absolute Gasteiger partial charge is 0.389 e. The maximum absolute atomic E-state index is 13.6. The molecule has 1 heterocycles. The summed E-state index contributed by atoms with van der Waals surface area (Å²) in [6.07, 6.45) is -0.300. The lowest BCUT2D eigenvalue weighted by Crippen LogP contribution is -2.28. The second-order valence-corrected chi connectivity index (χ2v) is 8.30. The van der Waals surface area contributed by atoms with E-state index in [4.69, 9.17) is 11.6 Å². The van der Waals surface area contributed by atoms with Crippen LogP contribution in [0.4, 0.5) is 0 Å². The molecule has 4 nitrogen and oxygen atoms in total. The summed E-state index contributed by atoms with van der Waals surface area (Å²) < 4.78 is 1.57. The van der Waals surface area contributed by atoms with Crippen molar-refractivity contribution < 1.29 is 9.90 Å². The summed E-state index contributed by atoms with van der Waals surface area (Å²) in [5.41, 5.74) is 3.40. The molecule has 1 unspecified atom stereocenters. The van der Waals surface area contributed by atoms with E-state index in [1.54, 1.807) is 36.6 Å². The van der Waals surface area contributed by atoms with E-state index >= 15 is 0 Å². The molecule has 0 aliphatic rings. The molecule has 0 saturated heterocycles. The number of nitrogens with zero attached hydrogens (tertiary/aromatic N) is 1. The van der Waals surface area contributed by atoms with Crippen LogP contribution < -0.4 is 5.56 Å². The second-order valence-electron chi connectivity index (χ2n) is 7.87. The van der Waals surface area contributed by atoms with Crippen LogP contribution >= 0.6 is 11.6 Å². The molecule has 4 rings (SSSR count). The van der Waals surface area contributed by atoms with Crippen LogP contribution in [0.15, 0.2) is 77.6 Å². The smallest absolute Gasteiger partial charge is 0.259 e. The maximum Gasteiger partial charge on any atom is 0.259 e. The van der Waals surface area contributed by atoms with Crippen LogP contribution in [0.25, 0.3) is 21.9 Å². The Labute approximate surface area is 191 Å². The highest BCUT2D eigenvalue weighted by Gasteiger charge is 2.22. The van der Waals surface area contributed by atoms with Crippen LogP contribution in [0.2, 0.25) is 5.02 Å². The number of pyridine rings is 1. The van der Waals surface area contributed by atoms with Crippen molar-refractivity contribution in [2.45, 2.75) is 32.9 Å². The summed E-state index contributed by atoms with van der Waals surface area (Å²) >= 11 is 6.29. The second kappa shape index (κ2) is 9.11. The number of aliphatic hydroxyl groups is 1. The Bertz CT molecular complexity index is 1340. The van der Waals surface area contributed by atoms with Crippen LogP contribution in [-0.2, 0) is 6.54 Å².